The number of hydrogen-bond donors (Lipinski definition) is 0. The number of hydrogen-bond acceptors (Lipinski definition) is 5. The normalized spacial score (nSPS) is 20.1. The van der Waals surface area contributed by atoms with Crippen LogP contribution in [-0.2, 0) is 6.54 Å². The predicted molar refractivity (Wildman–Crippen MR) is 92.0 cm³/mol. The molecule has 0 bridgehead atoms. The minimum Gasteiger partial charge on any atom is -0.472 e. The summed E-state index contributed by atoms with van der Waals surface area (Å²) in [6.07, 6.45) is 10.8. The molecule has 0 aliphatic carbocycles. The van der Waals surface area contributed by atoms with Crippen molar-refractivity contribution in [3.8, 4) is 0 Å². The summed E-state index contributed by atoms with van der Waals surface area (Å²) in [5, 5.41) is 8.38. The number of piperidine rings is 2. The van der Waals surface area contributed by atoms with Gasteiger partial charge >= 0.3 is 0 Å². The summed E-state index contributed by atoms with van der Waals surface area (Å²) in [6.45, 7) is 4.66. The number of carbonyl (C=O) groups is 1. The molecule has 2 aromatic rings. The molecule has 134 valence electrons. The van der Waals surface area contributed by atoms with E-state index in [-0.39, 0.29) is 5.91 Å². The van der Waals surface area contributed by atoms with Gasteiger partial charge in [-0.05, 0) is 38.2 Å². The number of aromatic nitrogens is 3. The SMILES string of the molecule is O=C(c1cn(C2CCN(Cc3ccoc3)CC2)nn1)N1CCCCC1. The standard InChI is InChI=1S/C18H25N5O2/c24-18(22-7-2-1-3-8-22)17-13-23(20-19-17)16-4-9-21(10-5-16)12-15-6-11-25-14-15/h6,11,13-14,16H,1-5,7-10,12H2. The Bertz CT molecular complexity index is 682. The van der Waals surface area contributed by atoms with Gasteiger partial charge < -0.3 is 9.32 Å². The molecule has 2 aromatic heterocycles. The van der Waals surface area contributed by atoms with E-state index in [0.717, 1.165) is 58.4 Å². The first-order chi connectivity index (χ1) is 12.3. The van der Waals surface area contributed by atoms with Gasteiger partial charge in [-0.2, -0.15) is 0 Å². The van der Waals surface area contributed by atoms with Crippen LogP contribution in [-0.4, -0.2) is 56.9 Å². The van der Waals surface area contributed by atoms with Crippen LogP contribution in [0.25, 0.3) is 0 Å². The van der Waals surface area contributed by atoms with Crippen LogP contribution in [0.2, 0.25) is 0 Å². The molecule has 0 atom stereocenters. The molecule has 0 aromatic carbocycles. The summed E-state index contributed by atoms with van der Waals surface area (Å²) in [6, 6.07) is 2.35. The third kappa shape index (κ3) is 3.76. The van der Waals surface area contributed by atoms with Crippen LogP contribution < -0.4 is 0 Å². The number of furan rings is 1. The van der Waals surface area contributed by atoms with Crippen molar-refractivity contribution in [2.75, 3.05) is 26.2 Å². The van der Waals surface area contributed by atoms with Crippen molar-refractivity contribution >= 4 is 5.91 Å². The highest BCUT2D eigenvalue weighted by Crippen LogP contribution is 2.23. The molecule has 2 aliphatic heterocycles. The van der Waals surface area contributed by atoms with Crippen molar-refractivity contribution in [1.29, 1.82) is 0 Å². The first-order valence-corrected chi connectivity index (χ1v) is 9.24. The number of carbonyl (C=O) groups excluding carboxylic acids is 1. The predicted octanol–water partition coefficient (Wildman–Crippen LogP) is 2.33. The fourth-order valence-corrected chi connectivity index (χ4v) is 3.79. The molecule has 0 saturated carbocycles. The van der Waals surface area contributed by atoms with Gasteiger partial charge in [-0.1, -0.05) is 5.21 Å². The Hall–Kier alpha value is -2.15. The minimum absolute atomic E-state index is 0.0309. The molecule has 0 unspecified atom stereocenters. The van der Waals surface area contributed by atoms with Crippen molar-refractivity contribution < 1.29 is 9.21 Å². The smallest absolute Gasteiger partial charge is 0.276 e. The lowest BCUT2D eigenvalue weighted by Crippen LogP contribution is -2.36. The Balaban J connectivity index is 1.32. The molecule has 7 heteroatoms. The van der Waals surface area contributed by atoms with E-state index < -0.39 is 0 Å². The van der Waals surface area contributed by atoms with Gasteiger partial charge in [0.2, 0.25) is 0 Å². The monoisotopic (exact) mass is 343 g/mol. The second-order valence-electron chi connectivity index (χ2n) is 7.08. The first kappa shape index (κ1) is 16.3. The van der Waals surface area contributed by atoms with Crippen LogP contribution in [0.5, 0.6) is 0 Å². The van der Waals surface area contributed by atoms with Crippen molar-refractivity contribution in [2.45, 2.75) is 44.7 Å². The fourth-order valence-electron chi connectivity index (χ4n) is 3.79. The Labute approximate surface area is 147 Å². The number of likely N-dealkylation sites (tertiary alicyclic amines) is 2. The number of amides is 1. The molecule has 0 radical (unpaired) electrons. The minimum atomic E-state index is 0.0309. The summed E-state index contributed by atoms with van der Waals surface area (Å²) in [5.41, 5.74) is 1.70. The zero-order valence-corrected chi connectivity index (χ0v) is 14.5. The molecule has 1 amide bonds. The van der Waals surface area contributed by atoms with Crippen molar-refractivity contribution in [3.63, 3.8) is 0 Å². The van der Waals surface area contributed by atoms with E-state index in [0.29, 0.717) is 11.7 Å². The fraction of sp³-hybridized carbons (Fsp3) is 0.611. The Morgan fingerprint density at radius 2 is 1.96 bits per heavy atom. The zero-order chi connectivity index (χ0) is 17.1. The lowest BCUT2D eigenvalue weighted by Gasteiger charge is -2.31. The van der Waals surface area contributed by atoms with E-state index in [2.05, 4.69) is 15.2 Å². The molecule has 25 heavy (non-hydrogen) atoms. The first-order valence-electron chi connectivity index (χ1n) is 9.24. The van der Waals surface area contributed by atoms with Gasteiger partial charge in [0, 0.05) is 38.3 Å². The summed E-state index contributed by atoms with van der Waals surface area (Å²) < 4.78 is 7.03. The largest absolute Gasteiger partial charge is 0.472 e. The molecular weight excluding hydrogens is 318 g/mol. The molecule has 2 aliphatic rings. The van der Waals surface area contributed by atoms with E-state index in [1.165, 1.54) is 12.0 Å². The van der Waals surface area contributed by atoms with Crippen LogP contribution >= 0.6 is 0 Å². The highest BCUT2D eigenvalue weighted by Gasteiger charge is 2.25. The molecule has 7 nitrogen and oxygen atoms in total. The highest BCUT2D eigenvalue weighted by atomic mass is 16.3. The number of rotatable bonds is 4. The van der Waals surface area contributed by atoms with Crippen LogP contribution in [0, 0.1) is 0 Å². The maximum Gasteiger partial charge on any atom is 0.276 e. The van der Waals surface area contributed by atoms with Gasteiger partial charge in [0.15, 0.2) is 5.69 Å². The molecule has 2 saturated heterocycles. The molecule has 2 fully saturated rings. The number of nitrogens with zero attached hydrogens (tertiary/aromatic N) is 5. The van der Waals surface area contributed by atoms with Crippen LogP contribution in [0.15, 0.2) is 29.2 Å². The van der Waals surface area contributed by atoms with Gasteiger partial charge in [-0.25, -0.2) is 4.68 Å². The Kier molecular flexibility index (Phi) is 4.83. The molecule has 4 rings (SSSR count). The van der Waals surface area contributed by atoms with Gasteiger partial charge in [0.25, 0.3) is 5.91 Å². The van der Waals surface area contributed by atoms with E-state index in [1.807, 2.05) is 28.1 Å². The van der Waals surface area contributed by atoms with E-state index >= 15 is 0 Å². The van der Waals surface area contributed by atoms with Crippen molar-refractivity contribution in [2.24, 2.45) is 0 Å². The van der Waals surface area contributed by atoms with Crippen LogP contribution in [0.3, 0.4) is 0 Å². The molecule has 4 heterocycles. The van der Waals surface area contributed by atoms with Gasteiger partial charge in [-0.15, -0.1) is 5.10 Å². The topological polar surface area (TPSA) is 67.4 Å². The third-order valence-electron chi connectivity index (χ3n) is 5.29. The van der Waals surface area contributed by atoms with E-state index in [4.69, 9.17) is 4.42 Å². The van der Waals surface area contributed by atoms with E-state index in [1.54, 1.807) is 6.26 Å². The average molecular weight is 343 g/mol. The van der Waals surface area contributed by atoms with Crippen LogP contribution in [0.1, 0.15) is 54.2 Å². The average Bonchev–Trinajstić information content (AvgIpc) is 3.34. The second kappa shape index (κ2) is 7.39. The summed E-state index contributed by atoms with van der Waals surface area (Å²) >= 11 is 0. The van der Waals surface area contributed by atoms with Gasteiger partial charge in [0.05, 0.1) is 24.8 Å². The lowest BCUT2D eigenvalue weighted by molar-refractivity contribution is 0.0718. The van der Waals surface area contributed by atoms with E-state index in [9.17, 15) is 4.79 Å². The van der Waals surface area contributed by atoms with Gasteiger partial charge in [0.1, 0.15) is 0 Å². The Morgan fingerprint density at radius 1 is 1.16 bits per heavy atom. The zero-order valence-electron chi connectivity index (χ0n) is 14.5. The summed E-state index contributed by atoms with van der Waals surface area (Å²) in [5.74, 6) is 0.0309. The maximum absolute atomic E-state index is 12.5. The maximum atomic E-state index is 12.5. The molecular formula is C18H25N5O2. The summed E-state index contributed by atoms with van der Waals surface area (Å²) in [4.78, 5) is 16.9. The third-order valence-corrected chi connectivity index (χ3v) is 5.29. The highest BCUT2D eigenvalue weighted by molar-refractivity contribution is 5.91. The van der Waals surface area contributed by atoms with Crippen molar-refractivity contribution in [3.05, 3.63) is 36.0 Å². The van der Waals surface area contributed by atoms with Crippen LogP contribution in [0.4, 0.5) is 0 Å². The lowest BCUT2D eigenvalue weighted by atomic mass is 10.0. The summed E-state index contributed by atoms with van der Waals surface area (Å²) in [7, 11) is 0. The Morgan fingerprint density at radius 3 is 2.68 bits per heavy atom. The molecule has 0 spiro atoms. The van der Waals surface area contributed by atoms with Gasteiger partial charge in [-0.3, -0.25) is 9.69 Å². The quantitative estimate of drug-likeness (QED) is 0.852. The molecule has 0 N–H and O–H groups in total. The van der Waals surface area contributed by atoms with Crippen molar-refractivity contribution in [1.82, 2.24) is 24.8 Å². The second-order valence-corrected chi connectivity index (χ2v) is 7.08.